The molecule has 0 unspecified atom stereocenters. The van der Waals surface area contributed by atoms with E-state index in [9.17, 15) is 0 Å². The molecule has 1 saturated heterocycles. The molecule has 112 valence electrons. The molecule has 2 heterocycles. The van der Waals surface area contributed by atoms with Gasteiger partial charge in [0.05, 0.1) is 0 Å². The first-order valence-corrected chi connectivity index (χ1v) is 7.55. The number of piperidine rings is 1. The van der Waals surface area contributed by atoms with Gasteiger partial charge in [0.2, 0.25) is 5.95 Å². The van der Waals surface area contributed by atoms with Crippen LogP contribution in [0.25, 0.3) is 0 Å². The zero-order valence-electron chi connectivity index (χ0n) is 13.1. The molecule has 0 aromatic carbocycles. The SMILES string of the molecule is CC(C)NCC1CCN(c2ccnc(N(C)C)n2)CC1. The maximum absolute atomic E-state index is 4.62. The Morgan fingerprint density at radius 3 is 2.65 bits per heavy atom. The molecule has 0 spiro atoms. The Balaban J connectivity index is 1.88. The van der Waals surface area contributed by atoms with E-state index in [2.05, 4.69) is 34.0 Å². The molecule has 0 aliphatic carbocycles. The molecule has 0 radical (unpaired) electrons. The van der Waals surface area contributed by atoms with Gasteiger partial charge in [0, 0.05) is 39.4 Å². The molecule has 1 N–H and O–H groups in total. The van der Waals surface area contributed by atoms with E-state index < -0.39 is 0 Å². The zero-order chi connectivity index (χ0) is 14.5. The monoisotopic (exact) mass is 277 g/mol. The summed E-state index contributed by atoms with van der Waals surface area (Å²) in [7, 11) is 3.95. The number of aromatic nitrogens is 2. The zero-order valence-corrected chi connectivity index (χ0v) is 13.1. The van der Waals surface area contributed by atoms with Crippen LogP contribution in [0.15, 0.2) is 12.3 Å². The quantitative estimate of drug-likeness (QED) is 0.888. The number of anilines is 2. The molecule has 1 aromatic rings. The molecular weight excluding hydrogens is 250 g/mol. The lowest BCUT2D eigenvalue weighted by molar-refractivity contribution is 0.370. The van der Waals surface area contributed by atoms with Crippen molar-refractivity contribution in [3.8, 4) is 0 Å². The first-order valence-electron chi connectivity index (χ1n) is 7.55. The van der Waals surface area contributed by atoms with Gasteiger partial charge in [0.15, 0.2) is 0 Å². The second kappa shape index (κ2) is 6.88. The van der Waals surface area contributed by atoms with E-state index >= 15 is 0 Å². The Hall–Kier alpha value is -1.36. The highest BCUT2D eigenvalue weighted by Crippen LogP contribution is 2.22. The number of rotatable bonds is 5. The van der Waals surface area contributed by atoms with Gasteiger partial charge >= 0.3 is 0 Å². The Bertz CT molecular complexity index is 410. The van der Waals surface area contributed by atoms with Gasteiger partial charge in [-0.05, 0) is 31.4 Å². The summed E-state index contributed by atoms with van der Waals surface area (Å²) in [5.74, 6) is 2.63. The average Bonchev–Trinajstić information content (AvgIpc) is 2.46. The van der Waals surface area contributed by atoms with Crippen molar-refractivity contribution in [2.24, 2.45) is 5.92 Å². The molecule has 2 rings (SSSR count). The van der Waals surface area contributed by atoms with Crippen LogP contribution in [-0.2, 0) is 0 Å². The van der Waals surface area contributed by atoms with E-state index in [-0.39, 0.29) is 0 Å². The van der Waals surface area contributed by atoms with Crippen molar-refractivity contribution >= 4 is 11.8 Å². The van der Waals surface area contributed by atoms with E-state index in [0.717, 1.165) is 37.3 Å². The topological polar surface area (TPSA) is 44.3 Å². The van der Waals surface area contributed by atoms with Gasteiger partial charge in [-0.25, -0.2) is 4.98 Å². The van der Waals surface area contributed by atoms with Crippen LogP contribution in [0.5, 0.6) is 0 Å². The third kappa shape index (κ3) is 4.07. The molecule has 5 heteroatoms. The highest BCUT2D eigenvalue weighted by Gasteiger charge is 2.20. The normalized spacial score (nSPS) is 16.8. The van der Waals surface area contributed by atoms with Gasteiger partial charge in [0.1, 0.15) is 5.82 Å². The lowest BCUT2D eigenvalue weighted by Gasteiger charge is -2.33. The smallest absolute Gasteiger partial charge is 0.226 e. The highest BCUT2D eigenvalue weighted by atomic mass is 15.3. The number of hydrogen-bond donors (Lipinski definition) is 1. The van der Waals surface area contributed by atoms with Crippen molar-refractivity contribution < 1.29 is 0 Å². The summed E-state index contributed by atoms with van der Waals surface area (Å²) in [5.41, 5.74) is 0. The van der Waals surface area contributed by atoms with Crippen LogP contribution in [0.4, 0.5) is 11.8 Å². The summed E-state index contributed by atoms with van der Waals surface area (Å²) in [6.07, 6.45) is 4.33. The molecule has 0 amide bonds. The molecule has 0 atom stereocenters. The fourth-order valence-electron chi connectivity index (χ4n) is 2.50. The van der Waals surface area contributed by atoms with Gasteiger partial charge in [0.25, 0.3) is 0 Å². The first kappa shape index (κ1) is 15.0. The lowest BCUT2D eigenvalue weighted by Crippen LogP contribution is -2.39. The summed E-state index contributed by atoms with van der Waals surface area (Å²) in [6, 6.07) is 2.59. The Morgan fingerprint density at radius 1 is 1.35 bits per heavy atom. The van der Waals surface area contributed by atoms with E-state index in [0.29, 0.717) is 6.04 Å². The van der Waals surface area contributed by atoms with Crippen LogP contribution in [0.3, 0.4) is 0 Å². The van der Waals surface area contributed by atoms with Crippen molar-refractivity contribution in [1.29, 1.82) is 0 Å². The van der Waals surface area contributed by atoms with Crippen LogP contribution >= 0.6 is 0 Å². The maximum atomic E-state index is 4.62. The predicted molar refractivity (Wildman–Crippen MR) is 84.4 cm³/mol. The molecule has 20 heavy (non-hydrogen) atoms. The molecule has 1 aromatic heterocycles. The van der Waals surface area contributed by atoms with Gasteiger partial charge < -0.3 is 15.1 Å². The lowest BCUT2D eigenvalue weighted by atomic mass is 9.96. The fourth-order valence-corrected chi connectivity index (χ4v) is 2.50. The summed E-state index contributed by atoms with van der Waals surface area (Å²) >= 11 is 0. The minimum atomic E-state index is 0.581. The summed E-state index contributed by atoms with van der Waals surface area (Å²) < 4.78 is 0. The summed E-state index contributed by atoms with van der Waals surface area (Å²) in [5, 5.41) is 3.54. The molecule has 0 bridgehead atoms. The van der Waals surface area contributed by atoms with Crippen LogP contribution in [0.2, 0.25) is 0 Å². The van der Waals surface area contributed by atoms with E-state index in [4.69, 9.17) is 0 Å². The maximum Gasteiger partial charge on any atom is 0.226 e. The fraction of sp³-hybridized carbons (Fsp3) is 0.733. The van der Waals surface area contributed by atoms with Crippen molar-refractivity contribution in [2.75, 3.05) is 43.5 Å². The average molecular weight is 277 g/mol. The molecular formula is C15H27N5. The Morgan fingerprint density at radius 2 is 2.05 bits per heavy atom. The summed E-state index contributed by atoms with van der Waals surface area (Å²) in [4.78, 5) is 13.2. The first-order chi connectivity index (χ1) is 9.56. The van der Waals surface area contributed by atoms with Crippen LogP contribution in [0, 0.1) is 5.92 Å². The van der Waals surface area contributed by atoms with Crippen LogP contribution in [0.1, 0.15) is 26.7 Å². The molecule has 5 nitrogen and oxygen atoms in total. The van der Waals surface area contributed by atoms with Gasteiger partial charge in [-0.3, -0.25) is 0 Å². The highest BCUT2D eigenvalue weighted by molar-refractivity contribution is 5.43. The van der Waals surface area contributed by atoms with E-state index in [1.54, 1.807) is 0 Å². The van der Waals surface area contributed by atoms with Crippen molar-refractivity contribution in [1.82, 2.24) is 15.3 Å². The second-order valence-electron chi connectivity index (χ2n) is 6.10. The molecule has 1 aliphatic heterocycles. The Kier molecular flexibility index (Phi) is 5.17. The number of hydrogen-bond acceptors (Lipinski definition) is 5. The second-order valence-corrected chi connectivity index (χ2v) is 6.10. The third-order valence-electron chi connectivity index (χ3n) is 3.78. The molecule has 1 fully saturated rings. The van der Waals surface area contributed by atoms with E-state index in [1.807, 2.05) is 31.3 Å². The van der Waals surface area contributed by atoms with Gasteiger partial charge in [-0.2, -0.15) is 4.98 Å². The number of nitrogens with zero attached hydrogens (tertiary/aromatic N) is 4. The van der Waals surface area contributed by atoms with Crippen molar-refractivity contribution in [3.05, 3.63) is 12.3 Å². The largest absolute Gasteiger partial charge is 0.356 e. The summed E-state index contributed by atoms with van der Waals surface area (Å²) in [6.45, 7) is 7.73. The minimum absolute atomic E-state index is 0.581. The van der Waals surface area contributed by atoms with Crippen molar-refractivity contribution in [3.63, 3.8) is 0 Å². The van der Waals surface area contributed by atoms with Gasteiger partial charge in [-0.15, -0.1) is 0 Å². The third-order valence-corrected chi connectivity index (χ3v) is 3.78. The van der Waals surface area contributed by atoms with Gasteiger partial charge in [-0.1, -0.05) is 13.8 Å². The van der Waals surface area contributed by atoms with Crippen molar-refractivity contribution in [2.45, 2.75) is 32.7 Å². The number of nitrogens with one attached hydrogen (secondary N) is 1. The molecule has 1 aliphatic rings. The predicted octanol–water partition coefficient (Wildman–Crippen LogP) is 1.76. The Labute approximate surface area is 122 Å². The standard InChI is InChI=1S/C15H27N5/c1-12(2)17-11-13-6-9-20(10-7-13)14-5-8-16-15(18-14)19(3)4/h5,8,12-13,17H,6-7,9-11H2,1-4H3. The van der Waals surface area contributed by atoms with Crippen LogP contribution < -0.4 is 15.1 Å². The van der Waals surface area contributed by atoms with Crippen LogP contribution in [-0.4, -0.2) is 49.7 Å². The molecule has 0 saturated carbocycles. The van der Waals surface area contributed by atoms with E-state index in [1.165, 1.54) is 12.8 Å². The minimum Gasteiger partial charge on any atom is -0.356 e.